The zero-order chi connectivity index (χ0) is 15.8. The number of carbonyl (C=O) groups excluding carboxylic acids is 1. The number of methoxy groups -OCH3 is 1. The van der Waals surface area contributed by atoms with Crippen molar-refractivity contribution in [3.8, 4) is 11.5 Å². The third-order valence-electron chi connectivity index (χ3n) is 4.63. The molecule has 1 N–H and O–H groups in total. The Kier molecular flexibility index (Phi) is 3.73. The second-order valence-electron chi connectivity index (χ2n) is 6.20. The van der Waals surface area contributed by atoms with Crippen molar-refractivity contribution in [1.82, 2.24) is 5.32 Å². The molecule has 3 atom stereocenters. The Morgan fingerprint density at radius 2 is 2.30 bits per heavy atom. The fourth-order valence-electron chi connectivity index (χ4n) is 3.18. The molecule has 23 heavy (non-hydrogen) atoms. The van der Waals surface area contributed by atoms with Gasteiger partial charge in [0.25, 0.3) is 0 Å². The number of amides is 1. The van der Waals surface area contributed by atoms with Crippen LogP contribution in [0.1, 0.15) is 23.5 Å². The predicted octanol–water partition coefficient (Wildman–Crippen LogP) is 2.98. The van der Waals surface area contributed by atoms with Crippen LogP contribution in [0.3, 0.4) is 0 Å². The Morgan fingerprint density at radius 3 is 3.09 bits per heavy atom. The lowest BCUT2D eigenvalue weighted by atomic mass is 9.95. The molecule has 0 radical (unpaired) electrons. The first kappa shape index (κ1) is 14.6. The number of fused-ring (bicyclic) bond motifs is 1. The monoisotopic (exact) mass is 329 g/mol. The van der Waals surface area contributed by atoms with E-state index in [1.165, 1.54) is 5.56 Å². The average molecular weight is 329 g/mol. The molecule has 4 nitrogen and oxygen atoms in total. The summed E-state index contributed by atoms with van der Waals surface area (Å²) >= 11 is 1.71. The summed E-state index contributed by atoms with van der Waals surface area (Å²) in [6, 6.07) is 8.18. The summed E-state index contributed by atoms with van der Waals surface area (Å²) in [7, 11) is 1.65. The Bertz CT molecular complexity index is 713. The van der Waals surface area contributed by atoms with E-state index in [0.717, 1.165) is 23.5 Å². The molecule has 0 saturated heterocycles. The second kappa shape index (κ2) is 5.89. The summed E-state index contributed by atoms with van der Waals surface area (Å²) in [5.41, 5.74) is 2.39. The van der Waals surface area contributed by atoms with E-state index in [9.17, 15) is 4.79 Å². The Labute approximate surface area is 139 Å². The molecule has 2 heterocycles. The fraction of sp³-hybridized carbons (Fsp3) is 0.389. The highest BCUT2D eigenvalue weighted by Crippen LogP contribution is 2.42. The van der Waals surface area contributed by atoms with Crippen molar-refractivity contribution in [1.29, 1.82) is 0 Å². The van der Waals surface area contributed by atoms with E-state index < -0.39 is 0 Å². The van der Waals surface area contributed by atoms with Gasteiger partial charge in [0, 0.05) is 12.0 Å². The molecule has 0 bridgehead atoms. The van der Waals surface area contributed by atoms with Gasteiger partial charge in [-0.1, -0.05) is 0 Å². The van der Waals surface area contributed by atoms with E-state index in [4.69, 9.17) is 9.47 Å². The summed E-state index contributed by atoms with van der Waals surface area (Å²) in [6.07, 6.45) is 1.74. The third-order valence-corrected chi connectivity index (χ3v) is 5.34. The van der Waals surface area contributed by atoms with Crippen LogP contribution in [0, 0.1) is 5.92 Å². The van der Waals surface area contributed by atoms with Crippen LogP contribution in [-0.4, -0.2) is 25.7 Å². The van der Waals surface area contributed by atoms with E-state index in [0.29, 0.717) is 18.9 Å². The molecule has 1 fully saturated rings. The molecule has 1 aromatic heterocycles. The van der Waals surface area contributed by atoms with Crippen molar-refractivity contribution in [2.24, 2.45) is 5.92 Å². The Morgan fingerprint density at radius 1 is 1.39 bits per heavy atom. The lowest BCUT2D eigenvalue weighted by molar-refractivity contribution is -0.126. The quantitative estimate of drug-likeness (QED) is 0.938. The maximum absolute atomic E-state index is 12.5. The van der Waals surface area contributed by atoms with Crippen molar-refractivity contribution in [2.75, 3.05) is 13.7 Å². The normalized spacial score (nSPS) is 25.2. The fourth-order valence-corrected chi connectivity index (χ4v) is 3.90. The molecule has 4 rings (SSSR count). The molecule has 120 valence electrons. The van der Waals surface area contributed by atoms with Gasteiger partial charge in [0.1, 0.15) is 18.1 Å². The van der Waals surface area contributed by atoms with Gasteiger partial charge in [0.2, 0.25) is 5.91 Å². The number of carbonyl (C=O) groups is 1. The number of hydrogen-bond acceptors (Lipinski definition) is 4. The maximum Gasteiger partial charge on any atom is 0.227 e. The zero-order valence-electron chi connectivity index (χ0n) is 13.0. The standard InChI is InChI=1S/C18H19NO3S/c1-21-14-2-3-17-12(7-14)6-13(9-22-17)18(20)19-16-8-15(16)11-4-5-23-10-11/h2-5,7,10,13,15-16H,6,8-9H2,1H3,(H,19,20)/t13?,15-,16+/m0/s1. The van der Waals surface area contributed by atoms with E-state index in [-0.39, 0.29) is 17.9 Å². The molecule has 5 heteroatoms. The van der Waals surface area contributed by atoms with Crippen LogP contribution in [0.25, 0.3) is 0 Å². The van der Waals surface area contributed by atoms with Crippen molar-refractivity contribution in [2.45, 2.75) is 24.8 Å². The molecule has 1 saturated carbocycles. The molecular formula is C18H19NO3S. The van der Waals surface area contributed by atoms with Crippen LogP contribution in [0.5, 0.6) is 11.5 Å². The molecular weight excluding hydrogens is 310 g/mol. The smallest absolute Gasteiger partial charge is 0.227 e. The van der Waals surface area contributed by atoms with E-state index in [1.54, 1.807) is 18.4 Å². The SMILES string of the molecule is COc1ccc2c(c1)CC(C(=O)N[C@@H]1C[C@H]1c1ccsc1)CO2. The Balaban J connectivity index is 1.38. The number of nitrogens with one attached hydrogen (secondary N) is 1. The molecule has 2 aromatic rings. The first-order valence-electron chi connectivity index (χ1n) is 7.87. The molecule has 1 aliphatic heterocycles. The molecule has 1 aromatic carbocycles. The molecule has 1 unspecified atom stereocenters. The number of rotatable bonds is 4. The van der Waals surface area contributed by atoms with Crippen LogP contribution in [-0.2, 0) is 11.2 Å². The lowest BCUT2D eigenvalue weighted by Crippen LogP contribution is -2.38. The van der Waals surface area contributed by atoms with Crippen LogP contribution in [0.2, 0.25) is 0 Å². The van der Waals surface area contributed by atoms with Gasteiger partial charge in [-0.25, -0.2) is 0 Å². The summed E-state index contributed by atoms with van der Waals surface area (Å²) in [4.78, 5) is 12.5. The number of hydrogen-bond donors (Lipinski definition) is 1. The van der Waals surface area contributed by atoms with Crippen molar-refractivity contribution in [3.05, 3.63) is 46.2 Å². The van der Waals surface area contributed by atoms with Crippen molar-refractivity contribution < 1.29 is 14.3 Å². The summed E-state index contributed by atoms with van der Waals surface area (Å²) < 4.78 is 11.0. The minimum absolute atomic E-state index is 0.0983. The van der Waals surface area contributed by atoms with Gasteiger partial charge in [-0.15, -0.1) is 0 Å². The van der Waals surface area contributed by atoms with E-state index >= 15 is 0 Å². The molecule has 1 amide bonds. The van der Waals surface area contributed by atoms with Crippen LogP contribution >= 0.6 is 11.3 Å². The van der Waals surface area contributed by atoms with E-state index in [1.807, 2.05) is 18.2 Å². The van der Waals surface area contributed by atoms with Gasteiger partial charge < -0.3 is 14.8 Å². The topological polar surface area (TPSA) is 47.6 Å². The lowest BCUT2D eigenvalue weighted by Gasteiger charge is -2.25. The number of benzene rings is 1. The average Bonchev–Trinajstić information content (AvgIpc) is 3.12. The highest BCUT2D eigenvalue weighted by molar-refractivity contribution is 7.08. The van der Waals surface area contributed by atoms with Gasteiger partial charge in [-0.05, 0) is 59.0 Å². The number of ether oxygens (including phenoxy) is 2. The maximum atomic E-state index is 12.5. The van der Waals surface area contributed by atoms with Crippen LogP contribution < -0.4 is 14.8 Å². The van der Waals surface area contributed by atoms with Gasteiger partial charge in [0.05, 0.1) is 13.0 Å². The van der Waals surface area contributed by atoms with E-state index in [2.05, 4.69) is 22.1 Å². The summed E-state index contributed by atoms with van der Waals surface area (Å²) in [5.74, 6) is 2.12. The van der Waals surface area contributed by atoms with Crippen molar-refractivity contribution in [3.63, 3.8) is 0 Å². The molecule has 2 aliphatic rings. The first-order chi connectivity index (χ1) is 11.2. The minimum Gasteiger partial charge on any atom is -0.497 e. The van der Waals surface area contributed by atoms with Crippen molar-refractivity contribution >= 4 is 17.2 Å². The highest BCUT2D eigenvalue weighted by Gasteiger charge is 2.41. The minimum atomic E-state index is -0.127. The largest absolute Gasteiger partial charge is 0.497 e. The van der Waals surface area contributed by atoms with Crippen LogP contribution in [0.15, 0.2) is 35.0 Å². The predicted molar refractivity (Wildman–Crippen MR) is 89.3 cm³/mol. The number of thiophene rings is 1. The zero-order valence-corrected chi connectivity index (χ0v) is 13.8. The van der Waals surface area contributed by atoms with Crippen LogP contribution in [0.4, 0.5) is 0 Å². The molecule has 1 aliphatic carbocycles. The second-order valence-corrected chi connectivity index (χ2v) is 6.98. The summed E-state index contributed by atoms with van der Waals surface area (Å²) in [6.45, 7) is 0.445. The molecule has 0 spiro atoms. The van der Waals surface area contributed by atoms with Gasteiger partial charge in [-0.3, -0.25) is 4.79 Å². The highest BCUT2D eigenvalue weighted by atomic mass is 32.1. The van der Waals surface area contributed by atoms with Gasteiger partial charge >= 0.3 is 0 Å². The first-order valence-corrected chi connectivity index (χ1v) is 8.81. The Hall–Kier alpha value is -2.01. The van der Waals surface area contributed by atoms with Gasteiger partial charge in [-0.2, -0.15) is 11.3 Å². The third kappa shape index (κ3) is 2.93. The van der Waals surface area contributed by atoms with Gasteiger partial charge in [0.15, 0.2) is 0 Å². The summed E-state index contributed by atoms with van der Waals surface area (Å²) in [5, 5.41) is 7.43.